The maximum atomic E-state index is 13.3. The molecule has 1 saturated heterocycles. The van der Waals surface area contributed by atoms with Crippen LogP contribution in [0, 0.1) is 18.8 Å². The van der Waals surface area contributed by atoms with Crippen molar-refractivity contribution in [2.75, 3.05) is 46.7 Å². The number of phenols is 1. The molecule has 2 heterocycles. The van der Waals surface area contributed by atoms with Gasteiger partial charge in [0.05, 0.1) is 25.7 Å². The molecule has 1 aliphatic carbocycles. The monoisotopic (exact) mass is 652 g/mol. The van der Waals surface area contributed by atoms with Crippen LogP contribution in [0.25, 0.3) is 0 Å². The highest BCUT2D eigenvalue weighted by Gasteiger charge is 2.53. The number of aryl methyl sites for hydroxylation is 1. The van der Waals surface area contributed by atoms with E-state index in [9.17, 15) is 14.7 Å². The lowest BCUT2D eigenvalue weighted by Crippen LogP contribution is -2.46. The molecule has 5 rings (SSSR count). The number of phenolic OH excluding ortho intramolecular Hbond substituents is 1. The lowest BCUT2D eigenvalue weighted by molar-refractivity contribution is -0.141. The summed E-state index contributed by atoms with van der Waals surface area (Å²) in [6, 6.07) is 6.75. The zero-order chi connectivity index (χ0) is 33.2. The van der Waals surface area contributed by atoms with E-state index in [2.05, 4.69) is 16.0 Å². The number of carbonyl (C=O) groups excluding carboxylic acids is 2. The number of hydrogen-bond acceptors (Lipinski definition) is 9. The van der Waals surface area contributed by atoms with Gasteiger partial charge in [0, 0.05) is 18.4 Å². The van der Waals surface area contributed by atoms with Crippen molar-refractivity contribution in [3.8, 4) is 23.0 Å². The molecular formula is C36H52N4O7. The second-order valence-electron chi connectivity index (χ2n) is 13.0. The van der Waals surface area contributed by atoms with Crippen LogP contribution >= 0.6 is 0 Å². The van der Waals surface area contributed by atoms with E-state index in [0.29, 0.717) is 29.4 Å². The maximum Gasteiger partial charge on any atom is 0.315 e. The molecule has 4 atom stereocenters. The molecule has 3 aliphatic rings. The number of fused-ring (bicyclic) bond motifs is 3. The van der Waals surface area contributed by atoms with Crippen LogP contribution in [0.15, 0.2) is 24.3 Å². The number of cyclic esters (lactones) is 1. The van der Waals surface area contributed by atoms with Crippen LogP contribution in [-0.4, -0.2) is 63.8 Å². The zero-order valence-electron chi connectivity index (χ0n) is 27.9. The average molecular weight is 653 g/mol. The standard InChI is InChI=1S/C36H52N4O7/c1-23-17-24(18-30(44-2)34(23)41)31-25-19-28-29(47-22-46-28)20-26(25)33(27-21-45-35(42)32(27)31)40-36(43)39-16-11-9-7-5-3-4-6-8-10-14-38-15-12-13-37/h17-20,27,31-33,38,41H,3-16,21-22,37H2,1-2H3,(H2,39,40,43)/t27-,31?,32-,33+/m0/s1. The zero-order valence-corrected chi connectivity index (χ0v) is 27.9. The quantitative estimate of drug-likeness (QED) is 0.109. The Morgan fingerprint density at radius 3 is 2.21 bits per heavy atom. The SMILES string of the molecule is COc1cc(C2c3cc4c(cc3[C@@H](NC(=O)NCCCCCCCCCCCNCCCN)[C@H]3COC(=O)[C@H]23)OCO4)cc(C)c1O. The Labute approximate surface area is 278 Å². The van der Waals surface area contributed by atoms with Gasteiger partial charge in [-0.2, -0.15) is 0 Å². The highest BCUT2D eigenvalue weighted by molar-refractivity contribution is 5.80. The van der Waals surface area contributed by atoms with E-state index in [0.717, 1.165) is 55.6 Å². The number of carbonyl (C=O) groups is 2. The fraction of sp³-hybridized carbons (Fsp3) is 0.611. The molecule has 258 valence electrons. The van der Waals surface area contributed by atoms with Gasteiger partial charge in [0.2, 0.25) is 6.79 Å². The fourth-order valence-corrected chi connectivity index (χ4v) is 7.22. The molecule has 0 aromatic heterocycles. The molecule has 0 saturated carbocycles. The van der Waals surface area contributed by atoms with E-state index >= 15 is 0 Å². The minimum absolute atomic E-state index is 0.0635. The molecule has 2 amide bonds. The highest BCUT2D eigenvalue weighted by atomic mass is 16.7. The van der Waals surface area contributed by atoms with Gasteiger partial charge < -0.3 is 45.7 Å². The van der Waals surface area contributed by atoms with Gasteiger partial charge in [-0.3, -0.25) is 4.79 Å². The number of methoxy groups -OCH3 is 1. The van der Waals surface area contributed by atoms with Gasteiger partial charge in [-0.1, -0.05) is 51.0 Å². The second-order valence-corrected chi connectivity index (χ2v) is 13.0. The fourth-order valence-electron chi connectivity index (χ4n) is 7.22. The van der Waals surface area contributed by atoms with Gasteiger partial charge in [-0.05, 0) is 86.3 Å². The van der Waals surface area contributed by atoms with Gasteiger partial charge in [-0.15, -0.1) is 0 Å². The first-order valence-corrected chi connectivity index (χ1v) is 17.4. The molecule has 0 radical (unpaired) electrons. The molecule has 6 N–H and O–H groups in total. The number of ether oxygens (including phenoxy) is 4. The van der Waals surface area contributed by atoms with Crippen LogP contribution in [0.3, 0.4) is 0 Å². The first-order chi connectivity index (χ1) is 22.9. The van der Waals surface area contributed by atoms with Gasteiger partial charge in [0.1, 0.15) is 0 Å². The first-order valence-electron chi connectivity index (χ1n) is 17.4. The molecule has 0 spiro atoms. The van der Waals surface area contributed by atoms with E-state index in [1.165, 1.54) is 52.1 Å². The second kappa shape index (κ2) is 16.9. The normalized spacial score (nSPS) is 20.8. The molecule has 2 aromatic carbocycles. The molecule has 1 fully saturated rings. The third-order valence-electron chi connectivity index (χ3n) is 9.71. The third-order valence-corrected chi connectivity index (χ3v) is 9.71. The summed E-state index contributed by atoms with van der Waals surface area (Å²) >= 11 is 0. The summed E-state index contributed by atoms with van der Waals surface area (Å²) in [5.74, 6) is 0.0616. The Balaban J connectivity index is 1.15. The van der Waals surface area contributed by atoms with Gasteiger partial charge >= 0.3 is 12.0 Å². The van der Waals surface area contributed by atoms with E-state index in [1.54, 1.807) is 13.0 Å². The van der Waals surface area contributed by atoms with Gasteiger partial charge in [-0.25, -0.2) is 4.79 Å². The number of benzene rings is 2. The summed E-state index contributed by atoms with van der Waals surface area (Å²) in [5, 5.41) is 20.1. The smallest absolute Gasteiger partial charge is 0.315 e. The minimum atomic E-state index is -0.542. The molecule has 11 heteroatoms. The van der Waals surface area contributed by atoms with Crippen molar-refractivity contribution in [1.29, 1.82) is 0 Å². The molecule has 0 bridgehead atoms. The Kier molecular flexibility index (Phi) is 12.5. The summed E-state index contributed by atoms with van der Waals surface area (Å²) in [6.45, 7) is 5.54. The van der Waals surface area contributed by atoms with E-state index in [4.69, 9.17) is 24.7 Å². The summed E-state index contributed by atoms with van der Waals surface area (Å²) in [5.41, 5.74) is 8.69. The predicted molar refractivity (Wildman–Crippen MR) is 179 cm³/mol. The minimum Gasteiger partial charge on any atom is -0.504 e. The number of nitrogens with one attached hydrogen (secondary N) is 3. The van der Waals surface area contributed by atoms with Gasteiger partial charge in [0.25, 0.3) is 0 Å². The Hall–Kier alpha value is -3.70. The third kappa shape index (κ3) is 8.43. The first kappa shape index (κ1) is 34.6. The van der Waals surface area contributed by atoms with Crippen molar-refractivity contribution in [3.63, 3.8) is 0 Å². The molecule has 47 heavy (non-hydrogen) atoms. The number of amides is 2. The molecule has 2 aliphatic heterocycles. The molecular weight excluding hydrogens is 600 g/mol. The highest BCUT2D eigenvalue weighted by Crippen LogP contribution is 2.55. The van der Waals surface area contributed by atoms with Crippen LogP contribution in [0.2, 0.25) is 0 Å². The summed E-state index contributed by atoms with van der Waals surface area (Å²) in [7, 11) is 1.50. The molecule has 11 nitrogen and oxygen atoms in total. The summed E-state index contributed by atoms with van der Waals surface area (Å²) < 4.78 is 22.5. The predicted octanol–water partition coefficient (Wildman–Crippen LogP) is 5.16. The number of rotatable bonds is 18. The van der Waals surface area contributed by atoms with Crippen molar-refractivity contribution in [3.05, 3.63) is 46.5 Å². The van der Waals surface area contributed by atoms with E-state index in [-0.39, 0.29) is 37.1 Å². The lowest BCUT2D eigenvalue weighted by Gasteiger charge is -2.39. The Bertz CT molecular complexity index is 1370. The molecule has 1 unspecified atom stereocenters. The van der Waals surface area contributed by atoms with Crippen molar-refractivity contribution in [2.24, 2.45) is 17.6 Å². The Morgan fingerprint density at radius 2 is 1.53 bits per heavy atom. The topological polar surface area (TPSA) is 153 Å². The van der Waals surface area contributed by atoms with Crippen LogP contribution < -0.4 is 35.9 Å². The Morgan fingerprint density at radius 1 is 0.894 bits per heavy atom. The van der Waals surface area contributed by atoms with E-state index < -0.39 is 17.9 Å². The van der Waals surface area contributed by atoms with Crippen LogP contribution in [0.5, 0.6) is 23.0 Å². The number of unbranched alkanes of at least 4 members (excludes halogenated alkanes) is 8. The largest absolute Gasteiger partial charge is 0.504 e. The number of aromatic hydroxyl groups is 1. The number of hydrogen-bond donors (Lipinski definition) is 5. The van der Waals surface area contributed by atoms with Crippen LogP contribution in [0.4, 0.5) is 4.79 Å². The summed E-state index contributed by atoms with van der Waals surface area (Å²) in [4.78, 5) is 26.5. The van der Waals surface area contributed by atoms with Crippen molar-refractivity contribution >= 4 is 12.0 Å². The van der Waals surface area contributed by atoms with Crippen molar-refractivity contribution < 1.29 is 33.6 Å². The van der Waals surface area contributed by atoms with E-state index in [1.807, 2.05) is 18.2 Å². The molecule has 2 aromatic rings. The number of urea groups is 1. The lowest BCUT2D eigenvalue weighted by atomic mass is 9.65. The van der Waals surface area contributed by atoms with Crippen molar-refractivity contribution in [1.82, 2.24) is 16.0 Å². The average Bonchev–Trinajstić information content (AvgIpc) is 3.69. The van der Waals surface area contributed by atoms with Gasteiger partial charge in [0.15, 0.2) is 23.0 Å². The van der Waals surface area contributed by atoms with Crippen molar-refractivity contribution in [2.45, 2.75) is 83.1 Å². The van der Waals surface area contributed by atoms with Crippen LogP contribution in [-0.2, 0) is 9.53 Å². The van der Waals surface area contributed by atoms with Crippen LogP contribution in [0.1, 0.15) is 98.4 Å². The maximum absolute atomic E-state index is 13.3. The number of esters is 1. The number of nitrogens with two attached hydrogens (primary N) is 1. The summed E-state index contributed by atoms with van der Waals surface area (Å²) in [6.07, 6.45) is 11.8.